The Hall–Kier alpha value is -3.41. The Morgan fingerprint density at radius 3 is 2.29 bits per heavy atom. The molecule has 2 aromatic carbocycles. The molecule has 6 nitrogen and oxygen atoms in total. The number of carbonyl (C=O) groups is 2. The minimum Gasteiger partial charge on any atom is -0.460 e. The zero-order chi connectivity index (χ0) is 20.3. The monoisotopic (exact) mass is 379 g/mol. The van der Waals surface area contributed by atoms with Gasteiger partial charge in [-0.3, -0.25) is 9.36 Å². The van der Waals surface area contributed by atoms with Crippen LogP contribution in [0.25, 0.3) is 16.5 Å². The Morgan fingerprint density at radius 1 is 1.00 bits per heavy atom. The fraction of sp³-hybridized carbons (Fsp3) is 0.227. The molecule has 0 aliphatic heterocycles. The van der Waals surface area contributed by atoms with Gasteiger partial charge in [0.1, 0.15) is 0 Å². The molecule has 3 aromatic rings. The molecule has 1 aromatic heterocycles. The number of nitrogens with zero attached hydrogens (tertiary/aromatic N) is 1. The summed E-state index contributed by atoms with van der Waals surface area (Å²) in [5, 5.41) is 0.861. The van der Waals surface area contributed by atoms with Gasteiger partial charge in [-0.2, -0.15) is 0 Å². The van der Waals surface area contributed by atoms with Crippen molar-refractivity contribution in [1.82, 2.24) is 4.57 Å². The molecule has 0 saturated heterocycles. The van der Waals surface area contributed by atoms with Crippen molar-refractivity contribution >= 4 is 22.7 Å². The summed E-state index contributed by atoms with van der Waals surface area (Å²) in [6.45, 7) is 4.89. The van der Waals surface area contributed by atoms with Gasteiger partial charge < -0.3 is 9.47 Å². The molecule has 1 heterocycles. The van der Waals surface area contributed by atoms with Crippen molar-refractivity contribution in [1.29, 1.82) is 0 Å². The zero-order valence-electron chi connectivity index (χ0n) is 16.0. The Bertz CT molecular complexity index is 1080. The lowest BCUT2D eigenvalue weighted by Crippen LogP contribution is -2.23. The highest BCUT2D eigenvalue weighted by atomic mass is 16.6. The molecule has 0 amide bonds. The van der Waals surface area contributed by atoms with E-state index in [0.717, 1.165) is 5.56 Å². The van der Waals surface area contributed by atoms with Gasteiger partial charge in [0.25, 0.3) is 5.56 Å². The van der Waals surface area contributed by atoms with Gasteiger partial charge in [-0.15, -0.1) is 0 Å². The SMILES string of the molecule is Cc1ccc(-n2cc(C(=O)OCC(=O)OC(C)C)c3ccccc3c2=O)cc1. The Morgan fingerprint density at radius 2 is 1.64 bits per heavy atom. The van der Waals surface area contributed by atoms with Gasteiger partial charge in [-0.05, 0) is 39.0 Å². The lowest BCUT2D eigenvalue weighted by Gasteiger charge is -2.13. The predicted molar refractivity (Wildman–Crippen MR) is 106 cm³/mol. The Balaban J connectivity index is 2.03. The van der Waals surface area contributed by atoms with E-state index in [-0.39, 0.29) is 17.2 Å². The number of aromatic nitrogens is 1. The van der Waals surface area contributed by atoms with E-state index < -0.39 is 18.5 Å². The van der Waals surface area contributed by atoms with Crippen LogP contribution in [0.5, 0.6) is 0 Å². The molecule has 0 aliphatic rings. The molecule has 0 bridgehead atoms. The number of aryl methyl sites for hydroxylation is 1. The molecule has 6 heteroatoms. The average Bonchev–Trinajstić information content (AvgIpc) is 2.67. The lowest BCUT2D eigenvalue weighted by atomic mass is 10.1. The number of hydrogen-bond acceptors (Lipinski definition) is 5. The summed E-state index contributed by atoms with van der Waals surface area (Å²) in [6.07, 6.45) is 1.15. The second-order valence-electron chi connectivity index (χ2n) is 6.71. The smallest absolute Gasteiger partial charge is 0.344 e. The number of hydrogen-bond donors (Lipinski definition) is 0. The lowest BCUT2D eigenvalue weighted by molar-refractivity contribution is -0.150. The van der Waals surface area contributed by atoms with Gasteiger partial charge in [-0.25, -0.2) is 9.59 Å². The third-order valence-corrected chi connectivity index (χ3v) is 4.14. The van der Waals surface area contributed by atoms with E-state index in [9.17, 15) is 14.4 Å². The molecule has 28 heavy (non-hydrogen) atoms. The fourth-order valence-electron chi connectivity index (χ4n) is 2.85. The molecule has 0 radical (unpaired) electrons. The van der Waals surface area contributed by atoms with Crippen molar-refractivity contribution in [2.45, 2.75) is 26.9 Å². The van der Waals surface area contributed by atoms with Crippen molar-refractivity contribution < 1.29 is 19.1 Å². The quantitative estimate of drug-likeness (QED) is 0.635. The summed E-state index contributed by atoms with van der Waals surface area (Å²) in [6, 6.07) is 14.2. The number of carbonyl (C=O) groups excluding carboxylic acids is 2. The van der Waals surface area contributed by atoms with Crippen LogP contribution in [0.4, 0.5) is 0 Å². The molecule has 0 N–H and O–H groups in total. The van der Waals surface area contributed by atoms with Crippen LogP contribution in [0, 0.1) is 6.92 Å². The first-order chi connectivity index (χ1) is 13.4. The van der Waals surface area contributed by atoms with Crippen LogP contribution in [-0.4, -0.2) is 29.2 Å². The van der Waals surface area contributed by atoms with Crippen LogP contribution >= 0.6 is 0 Å². The maximum absolute atomic E-state index is 12.9. The van der Waals surface area contributed by atoms with E-state index in [2.05, 4.69) is 0 Å². The molecular weight excluding hydrogens is 358 g/mol. The highest BCUT2D eigenvalue weighted by molar-refractivity contribution is 6.04. The highest BCUT2D eigenvalue weighted by Crippen LogP contribution is 2.19. The first-order valence-corrected chi connectivity index (χ1v) is 8.95. The van der Waals surface area contributed by atoms with Gasteiger partial charge in [0, 0.05) is 22.7 Å². The van der Waals surface area contributed by atoms with Gasteiger partial charge >= 0.3 is 11.9 Å². The fourth-order valence-corrected chi connectivity index (χ4v) is 2.85. The molecule has 0 spiro atoms. The van der Waals surface area contributed by atoms with Crippen molar-refractivity contribution in [3.8, 4) is 5.69 Å². The Kier molecular flexibility index (Phi) is 5.59. The third kappa shape index (κ3) is 4.11. The standard InChI is InChI=1S/C22H21NO5/c1-14(2)28-20(24)13-27-22(26)19-12-23(16-10-8-15(3)9-11-16)21(25)18-7-5-4-6-17(18)19/h4-12,14H,13H2,1-3H3. The summed E-state index contributed by atoms with van der Waals surface area (Å²) < 4.78 is 11.5. The van der Waals surface area contributed by atoms with Gasteiger partial charge in [0.2, 0.25) is 0 Å². The highest BCUT2D eigenvalue weighted by Gasteiger charge is 2.18. The topological polar surface area (TPSA) is 74.6 Å². The minimum atomic E-state index is -0.697. The summed E-state index contributed by atoms with van der Waals surface area (Å²) in [4.78, 5) is 37.2. The third-order valence-electron chi connectivity index (χ3n) is 4.14. The number of fused-ring (bicyclic) bond motifs is 1. The number of ether oxygens (including phenoxy) is 2. The number of esters is 2. The van der Waals surface area contributed by atoms with Gasteiger partial charge in [0.15, 0.2) is 6.61 Å². The van der Waals surface area contributed by atoms with Crippen molar-refractivity contribution in [3.63, 3.8) is 0 Å². The second kappa shape index (κ2) is 8.08. The molecule has 0 atom stereocenters. The summed E-state index contributed by atoms with van der Waals surface area (Å²) >= 11 is 0. The van der Waals surface area contributed by atoms with E-state index in [0.29, 0.717) is 16.5 Å². The largest absolute Gasteiger partial charge is 0.460 e. The van der Waals surface area contributed by atoms with E-state index in [1.54, 1.807) is 50.2 Å². The van der Waals surface area contributed by atoms with E-state index in [1.807, 2.05) is 19.1 Å². The number of benzene rings is 2. The maximum Gasteiger partial charge on any atom is 0.344 e. The van der Waals surface area contributed by atoms with Gasteiger partial charge in [0.05, 0.1) is 11.7 Å². The predicted octanol–water partition coefficient (Wildman–Crippen LogP) is 3.41. The molecule has 0 saturated carbocycles. The van der Waals surface area contributed by atoms with E-state index in [4.69, 9.17) is 9.47 Å². The van der Waals surface area contributed by atoms with Crippen LogP contribution in [-0.2, 0) is 14.3 Å². The summed E-state index contributed by atoms with van der Waals surface area (Å²) in [5.74, 6) is -1.32. The van der Waals surface area contributed by atoms with Crippen LogP contribution in [0.1, 0.15) is 29.8 Å². The van der Waals surface area contributed by atoms with Crippen molar-refractivity contribution in [3.05, 3.63) is 76.2 Å². The Labute approximate surface area is 162 Å². The molecule has 0 unspecified atom stereocenters. The minimum absolute atomic E-state index is 0.202. The normalized spacial score (nSPS) is 10.9. The van der Waals surface area contributed by atoms with Gasteiger partial charge in [-0.1, -0.05) is 35.9 Å². The number of pyridine rings is 1. The average molecular weight is 379 g/mol. The van der Waals surface area contributed by atoms with Crippen LogP contribution in [0.2, 0.25) is 0 Å². The first-order valence-electron chi connectivity index (χ1n) is 8.95. The van der Waals surface area contributed by atoms with Crippen LogP contribution < -0.4 is 5.56 Å². The first kappa shape index (κ1) is 19.4. The van der Waals surface area contributed by atoms with E-state index in [1.165, 1.54) is 10.8 Å². The maximum atomic E-state index is 12.9. The molecule has 0 fully saturated rings. The zero-order valence-corrected chi connectivity index (χ0v) is 16.0. The molecule has 3 rings (SSSR count). The van der Waals surface area contributed by atoms with Crippen molar-refractivity contribution in [2.75, 3.05) is 6.61 Å². The molecule has 0 aliphatic carbocycles. The summed E-state index contributed by atoms with van der Waals surface area (Å²) in [5.41, 5.74) is 1.65. The van der Waals surface area contributed by atoms with Crippen LogP contribution in [0.3, 0.4) is 0 Å². The van der Waals surface area contributed by atoms with Crippen LogP contribution in [0.15, 0.2) is 59.5 Å². The van der Waals surface area contributed by atoms with Crippen molar-refractivity contribution in [2.24, 2.45) is 0 Å². The summed E-state index contributed by atoms with van der Waals surface area (Å²) in [7, 11) is 0. The molecular formula is C22H21NO5. The van der Waals surface area contributed by atoms with E-state index >= 15 is 0 Å². The molecule has 144 valence electrons. The second-order valence-corrected chi connectivity index (χ2v) is 6.71. The number of rotatable bonds is 5.